The lowest BCUT2D eigenvalue weighted by molar-refractivity contribution is -0.145. The van der Waals surface area contributed by atoms with Gasteiger partial charge in [0.25, 0.3) is 0 Å². The number of methoxy groups -OCH3 is 1. The van der Waals surface area contributed by atoms with E-state index in [1.165, 1.54) is 7.11 Å². The van der Waals surface area contributed by atoms with E-state index in [0.29, 0.717) is 36.7 Å². The highest BCUT2D eigenvalue weighted by Crippen LogP contribution is 2.29. The molecule has 31 heavy (non-hydrogen) atoms. The molecule has 0 saturated heterocycles. The number of ether oxygens (including phenoxy) is 2. The Balaban J connectivity index is 1.82. The summed E-state index contributed by atoms with van der Waals surface area (Å²) in [6.07, 6.45) is 2.99. The van der Waals surface area contributed by atoms with Crippen molar-refractivity contribution in [1.29, 1.82) is 0 Å². The Morgan fingerprint density at radius 3 is 2.26 bits per heavy atom. The summed E-state index contributed by atoms with van der Waals surface area (Å²) in [4.78, 5) is 36.8. The number of esters is 1. The van der Waals surface area contributed by atoms with Crippen molar-refractivity contribution in [2.24, 2.45) is 11.8 Å². The third-order valence-corrected chi connectivity index (χ3v) is 5.56. The standard InChI is InChI=1S/C23H33ClN2O5/c1-23(2,3)31-22(29)25-14-16-5-9-17(10-6-16)20(27)26-19(21(28)30-4)13-15-7-11-18(24)12-8-15/h7-8,11-12,16-17,19H,5-6,9-10,13-14H2,1-4H3,(H,25,29)(H,26,27). The molecule has 1 unspecified atom stereocenters. The van der Waals surface area contributed by atoms with E-state index in [2.05, 4.69) is 10.6 Å². The van der Waals surface area contributed by atoms with Crippen molar-refractivity contribution in [2.45, 2.75) is 64.5 Å². The molecule has 0 spiro atoms. The number of alkyl carbamates (subject to hydrolysis) is 1. The Morgan fingerprint density at radius 2 is 1.71 bits per heavy atom. The molecule has 0 bridgehead atoms. The van der Waals surface area contributed by atoms with E-state index < -0.39 is 23.7 Å². The van der Waals surface area contributed by atoms with E-state index in [0.717, 1.165) is 18.4 Å². The summed E-state index contributed by atoms with van der Waals surface area (Å²) in [5.41, 5.74) is 0.360. The van der Waals surface area contributed by atoms with Crippen molar-refractivity contribution in [3.05, 3.63) is 34.9 Å². The molecule has 0 aromatic heterocycles. The van der Waals surface area contributed by atoms with Crippen LogP contribution < -0.4 is 10.6 Å². The maximum Gasteiger partial charge on any atom is 0.407 e. The van der Waals surface area contributed by atoms with E-state index in [-0.39, 0.29) is 11.8 Å². The van der Waals surface area contributed by atoms with Crippen molar-refractivity contribution in [3.63, 3.8) is 0 Å². The number of halogens is 1. The predicted octanol–water partition coefficient (Wildman–Crippen LogP) is 3.87. The highest BCUT2D eigenvalue weighted by atomic mass is 35.5. The summed E-state index contributed by atoms with van der Waals surface area (Å²) in [6, 6.07) is 6.41. The van der Waals surface area contributed by atoms with Gasteiger partial charge in [-0.05, 0) is 70.1 Å². The molecule has 8 heteroatoms. The molecular weight excluding hydrogens is 420 g/mol. The third kappa shape index (κ3) is 8.77. The number of carbonyl (C=O) groups excluding carboxylic acids is 3. The molecule has 7 nitrogen and oxygen atoms in total. The summed E-state index contributed by atoms with van der Waals surface area (Å²) in [6.45, 7) is 6.01. The van der Waals surface area contributed by atoms with Crippen LogP contribution in [0.3, 0.4) is 0 Å². The number of nitrogens with one attached hydrogen (secondary N) is 2. The van der Waals surface area contributed by atoms with Crippen LogP contribution in [0, 0.1) is 11.8 Å². The van der Waals surface area contributed by atoms with E-state index in [9.17, 15) is 14.4 Å². The van der Waals surface area contributed by atoms with Crippen LogP contribution in [-0.2, 0) is 25.5 Å². The number of carbonyl (C=O) groups is 3. The Labute approximate surface area is 189 Å². The van der Waals surface area contributed by atoms with Gasteiger partial charge in [-0.25, -0.2) is 9.59 Å². The van der Waals surface area contributed by atoms with Crippen LogP contribution in [0.15, 0.2) is 24.3 Å². The molecule has 1 aromatic rings. The summed E-state index contributed by atoms with van der Waals surface area (Å²) < 4.78 is 10.1. The first kappa shape index (κ1) is 25.0. The molecule has 1 aromatic carbocycles. The molecule has 1 aliphatic rings. The zero-order valence-corrected chi connectivity index (χ0v) is 19.5. The Kier molecular flexibility index (Phi) is 9.16. The van der Waals surface area contributed by atoms with Gasteiger partial charge < -0.3 is 20.1 Å². The van der Waals surface area contributed by atoms with Gasteiger partial charge in [0.15, 0.2) is 0 Å². The van der Waals surface area contributed by atoms with Gasteiger partial charge in [0, 0.05) is 23.9 Å². The van der Waals surface area contributed by atoms with E-state index in [1.807, 2.05) is 32.9 Å². The average molecular weight is 453 g/mol. The number of amides is 2. The first-order valence-corrected chi connectivity index (χ1v) is 11.0. The van der Waals surface area contributed by atoms with E-state index in [1.54, 1.807) is 12.1 Å². The predicted molar refractivity (Wildman–Crippen MR) is 119 cm³/mol. The van der Waals surface area contributed by atoms with Crippen LogP contribution in [0.5, 0.6) is 0 Å². The van der Waals surface area contributed by atoms with Crippen molar-refractivity contribution in [3.8, 4) is 0 Å². The van der Waals surface area contributed by atoms with Crippen LogP contribution in [0.2, 0.25) is 5.02 Å². The molecule has 1 fully saturated rings. The second-order valence-electron chi connectivity index (χ2n) is 9.02. The van der Waals surface area contributed by atoms with E-state index >= 15 is 0 Å². The minimum Gasteiger partial charge on any atom is -0.467 e. The van der Waals surface area contributed by atoms with Gasteiger partial charge in [-0.2, -0.15) is 0 Å². The maximum atomic E-state index is 12.8. The third-order valence-electron chi connectivity index (χ3n) is 5.31. The largest absolute Gasteiger partial charge is 0.467 e. The number of hydrogen-bond donors (Lipinski definition) is 2. The van der Waals surface area contributed by atoms with Crippen LogP contribution in [0.1, 0.15) is 52.0 Å². The molecule has 1 aliphatic carbocycles. The Morgan fingerprint density at radius 1 is 1.10 bits per heavy atom. The smallest absolute Gasteiger partial charge is 0.407 e. The van der Waals surface area contributed by atoms with Gasteiger partial charge in [-0.3, -0.25) is 4.79 Å². The fraction of sp³-hybridized carbons (Fsp3) is 0.609. The lowest BCUT2D eigenvalue weighted by Crippen LogP contribution is -2.46. The SMILES string of the molecule is COC(=O)C(Cc1ccc(Cl)cc1)NC(=O)C1CCC(CNC(=O)OC(C)(C)C)CC1. The summed E-state index contributed by atoms with van der Waals surface area (Å²) >= 11 is 5.91. The molecule has 1 saturated carbocycles. The second-order valence-corrected chi connectivity index (χ2v) is 9.45. The van der Waals surface area contributed by atoms with Crippen LogP contribution in [0.4, 0.5) is 4.79 Å². The lowest BCUT2D eigenvalue weighted by atomic mass is 9.81. The molecule has 2 N–H and O–H groups in total. The van der Waals surface area contributed by atoms with Crippen molar-refractivity contribution in [1.82, 2.24) is 10.6 Å². The quantitative estimate of drug-likeness (QED) is 0.612. The van der Waals surface area contributed by atoms with Crippen molar-refractivity contribution >= 4 is 29.6 Å². The number of rotatable bonds is 7. The molecule has 0 aliphatic heterocycles. The summed E-state index contributed by atoms with van der Waals surface area (Å²) in [7, 11) is 1.31. The number of benzene rings is 1. The summed E-state index contributed by atoms with van der Waals surface area (Å²) in [5, 5.41) is 6.27. The molecule has 1 atom stereocenters. The first-order chi connectivity index (χ1) is 14.6. The van der Waals surface area contributed by atoms with E-state index in [4.69, 9.17) is 21.1 Å². The molecule has 172 valence electrons. The van der Waals surface area contributed by atoms with Crippen LogP contribution in [0.25, 0.3) is 0 Å². The minimum absolute atomic E-state index is 0.136. The molecule has 2 rings (SSSR count). The maximum absolute atomic E-state index is 12.8. The molecule has 0 radical (unpaired) electrons. The number of hydrogen-bond acceptors (Lipinski definition) is 5. The van der Waals surface area contributed by atoms with Crippen molar-refractivity contribution in [2.75, 3.05) is 13.7 Å². The fourth-order valence-electron chi connectivity index (χ4n) is 3.65. The molecular formula is C23H33ClN2O5. The van der Waals surface area contributed by atoms with Gasteiger partial charge in [0.05, 0.1) is 7.11 Å². The van der Waals surface area contributed by atoms with Crippen LogP contribution in [-0.4, -0.2) is 43.3 Å². The Bertz CT molecular complexity index is 752. The van der Waals surface area contributed by atoms with Crippen LogP contribution >= 0.6 is 11.6 Å². The first-order valence-electron chi connectivity index (χ1n) is 10.7. The normalized spacial score (nSPS) is 19.8. The van der Waals surface area contributed by atoms with Gasteiger partial charge in [0.2, 0.25) is 5.91 Å². The molecule has 0 heterocycles. The highest BCUT2D eigenvalue weighted by Gasteiger charge is 2.30. The fourth-order valence-corrected chi connectivity index (χ4v) is 3.78. The molecule has 2 amide bonds. The summed E-state index contributed by atoms with van der Waals surface area (Å²) in [5.74, 6) is -0.460. The van der Waals surface area contributed by atoms with Gasteiger partial charge in [-0.1, -0.05) is 23.7 Å². The average Bonchev–Trinajstić information content (AvgIpc) is 2.71. The second kappa shape index (κ2) is 11.4. The lowest BCUT2D eigenvalue weighted by Gasteiger charge is -2.29. The minimum atomic E-state index is -0.745. The highest BCUT2D eigenvalue weighted by molar-refractivity contribution is 6.30. The Hall–Kier alpha value is -2.28. The van der Waals surface area contributed by atoms with Gasteiger partial charge >= 0.3 is 12.1 Å². The van der Waals surface area contributed by atoms with Crippen molar-refractivity contribution < 1.29 is 23.9 Å². The van der Waals surface area contributed by atoms with Gasteiger partial charge in [-0.15, -0.1) is 0 Å². The zero-order chi connectivity index (χ0) is 23.0. The topological polar surface area (TPSA) is 93.7 Å². The van der Waals surface area contributed by atoms with Gasteiger partial charge in [0.1, 0.15) is 11.6 Å². The zero-order valence-electron chi connectivity index (χ0n) is 18.7. The monoisotopic (exact) mass is 452 g/mol.